The number of hydrogen-bond donors (Lipinski definition) is 0. The number of Topliss-reactive ketones (excluding diaryl/α,β-unsaturated/α-hetero) is 1. The molecule has 2 heterocycles. The Kier molecular flexibility index (Phi) is 15.0. The summed E-state index contributed by atoms with van der Waals surface area (Å²) in [5.74, 6) is 0.498. The van der Waals surface area contributed by atoms with E-state index in [0.29, 0.717) is 24.3 Å². The fraction of sp³-hybridized carbons (Fsp3) is 0.789. The molecule has 2 saturated heterocycles. The second-order valence-corrected chi connectivity index (χ2v) is 21.3. The van der Waals surface area contributed by atoms with Gasteiger partial charge < -0.3 is 18.6 Å². The second kappa shape index (κ2) is 17.6. The van der Waals surface area contributed by atoms with Gasteiger partial charge in [-0.1, -0.05) is 114 Å². The van der Waals surface area contributed by atoms with Gasteiger partial charge in [0.05, 0.1) is 23.7 Å². The van der Waals surface area contributed by atoms with E-state index in [-0.39, 0.29) is 52.5 Å². The van der Waals surface area contributed by atoms with E-state index in [4.69, 9.17) is 18.6 Å². The minimum Gasteiger partial charge on any atom is -0.461 e. The predicted molar refractivity (Wildman–Crippen MR) is 193 cm³/mol. The maximum Gasteiger partial charge on any atom is 0.308 e. The van der Waals surface area contributed by atoms with Crippen LogP contribution in [-0.2, 0) is 34.8 Å². The number of rotatable bonds is 18. The van der Waals surface area contributed by atoms with Crippen molar-refractivity contribution in [3.8, 4) is 0 Å². The number of ether oxygens (including phenoxy) is 3. The summed E-state index contributed by atoms with van der Waals surface area (Å²) in [7, 11) is -1.93. The third kappa shape index (κ3) is 11.2. The van der Waals surface area contributed by atoms with Gasteiger partial charge in [0.1, 0.15) is 12.7 Å². The lowest BCUT2D eigenvalue weighted by Crippen LogP contribution is -2.46. The monoisotopic (exact) mass is 722 g/mol. The Bertz CT molecular complexity index is 1090. The van der Waals surface area contributed by atoms with Crippen LogP contribution in [-0.4, -0.2) is 55.4 Å². The molecule has 2 fully saturated rings. The van der Waals surface area contributed by atoms with Crippen molar-refractivity contribution in [1.82, 2.24) is 0 Å². The maximum absolute atomic E-state index is 13.7. The van der Waals surface area contributed by atoms with E-state index in [0.717, 1.165) is 63.4 Å². The SMILES string of the molecule is CCC[C@H](CC1(CBr)C[C@@H](C)[C@@H](C(=O)C[C@H]2C[C@H](C)[C@H](CCCC[C@H](C)C(=O)OCc3ccccc3)O2)O1)O[Si](C)(C)C(C)(C)C. The molecule has 1 aromatic carbocycles. The first kappa shape index (κ1) is 39.4. The van der Waals surface area contributed by atoms with E-state index in [1.807, 2.05) is 37.3 Å². The van der Waals surface area contributed by atoms with Gasteiger partial charge in [0.2, 0.25) is 0 Å². The maximum atomic E-state index is 13.7. The van der Waals surface area contributed by atoms with Crippen LogP contribution in [0.1, 0.15) is 118 Å². The van der Waals surface area contributed by atoms with E-state index in [1.165, 1.54) is 0 Å². The summed E-state index contributed by atoms with van der Waals surface area (Å²) < 4.78 is 25.6. The summed E-state index contributed by atoms with van der Waals surface area (Å²) >= 11 is 3.77. The second-order valence-electron chi connectivity index (χ2n) is 16.0. The molecule has 0 N–H and O–H groups in total. The zero-order chi connectivity index (χ0) is 34.1. The molecule has 2 aliphatic heterocycles. The van der Waals surface area contributed by atoms with Crippen molar-refractivity contribution in [3.63, 3.8) is 0 Å². The largest absolute Gasteiger partial charge is 0.461 e. The van der Waals surface area contributed by atoms with Crippen molar-refractivity contribution in [1.29, 1.82) is 0 Å². The topological polar surface area (TPSA) is 71.1 Å². The van der Waals surface area contributed by atoms with Crippen LogP contribution in [0.15, 0.2) is 30.3 Å². The molecule has 0 amide bonds. The van der Waals surface area contributed by atoms with Gasteiger partial charge >= 0.3 is 5.97 Å². The third-order valence-electron chi connectivity index (χ3n) is 10.7. The molecule has 6 nitrogen and oxygen atoms in total. The van der Waals surface area contributed by atoms with Crippen LogP contribution in [0.5, 0.6) is 0 Å². The zero-order valence-electron chi connectivity index (χ0n) is 30.2. The van der Waals surface area contributed by atoms with Crippen molar-refractivity contribution in [3.05, 3.63) is 35.9 Å². The third-order valence-corrected chi connectivity index (χ3v) is 16.3. The Balaban J connectivity index is 1.44. The highest BCUT2D eigenvalue weighted by Gasteiger charge is 2.49. The Morgan fingerprint density at radius 2 is 1.78 bits per heavy atom. The summed E-state index contributed by atoms with van der Waals surface area (Å²) in [4.78, 5) is 26.1. The van der Waals surface area contributed by atoms with Crippen LogP contribution < -0.4 is 0 Å². The molecule has 8 heteroatoms. The van der Waals surface area contributed by atoms with Crippen molar-refractivity contribution < 1.29 is 28.2 Å². The van der Waals surface area contributed by atoms with E-state index in [2.05, 4.69) is 70.6 Å². The van der Waals surface area contributed by atoms with Gasteiger partial charge in [-0.05, 0) is 67.6 Å². The summed E-state index contributed by atoms with van der Waals surface area (Å²) in [5, 5.41) is 0.853. The first-order valence-electron chi connectivity index (χ1n) is 17.9. The van der Waals surface area contributed by atoms with Crippen LogP contribution in [0.25, 0.3) is 0 Å². The fourth-order valence-electron chi connectivity index (χ4n) is 6.93. The number of esters is 1. The summed E-state index contributed by atoms with van der Waals surface area (Å²) in [6.07, 6.45) is 8.62. The molecule has 0 saturated carbocycles. The minimum atomic E-state index is -1.93. The van der Waals surface area contributed by atoms with Gasteiger partial charge in [0.15, 0.2) is 14.1 Å². The van der Waals surface area contributed by atoms with Crippen LogP contribution in [0.2, 0.25) is 18.1 Å². The van der Waals surface area contributed by atoms with E-state index >= 15 is 0 Å². The first-order chi connectivity index (χ1) is 21.6. The Morgan fingerprint density at radius 3 is 2.41 bits per heavy atom. The van der Waals surface area contributed by atoms with Crippen LogP contribution in [0.4, 0.5) is 0 Å². The summed E-state index contributed by atoms with van der Waals surface area (Å²) in [6.45, 7) is 20.4. The number of carbonyl (C=O) groups is 2. The summed E-state index contributed by atoms with van der Waals surface area (Å²) in [6, 6.07) is 9.80. The normalized spacial score (nSPS) is 28.3. The van der Waals surface area contributed by atoms with Crippen LogP contribution in [0, 0.1) is 17.8 Å². The number of ketones is 1. The van der Waals surface area contributed by atoms with Gasteiger partial charge in [-0.25, -0.2) is 0 Å². The van der Waals surface area contributed by atoms with Gasteiger partial charge in [-0.15, -0.1) is 0 Å². The molecule has 1 aromatic rings. The predicted octanol–water partition coefficient (Wildman–Crippen LogP) is 9.82. The van der Waals surface area contributed by atoms with Gasteiger partial charge in [-0.3, -0.25) is 9.59 Å². The lowest BCUT2D eigenvalue weighted by molar-refractivity contribution is -0.149. The van der Waals surface area contributed by atoms with Gasteiger partial charge in [0.25, 0.3) is 0 Å². The van der Waals surface area contributed by atoms with Crippen molar-refractivity contribution in [2.24, 2.45) is 17.8 Å². The van der Waals surface area contributed by atoms with Crippen molar-refractivity contribution in [2.45, 2.75) is 167 Å². The van der Waals surface area contributed by atoms with E-state index < -0.39 is 14.4 Å². The number of hydrogen-bond acceptors (Lipinski definition) is 6. The highest BCUT2D eigenvalue weighted by molar-refractivity contribution is 9.09. The van der Waals surface area contributed by atoms with Crippen molar-refractivity contribution >= 4 is 36.0 Å². The number of alkyl halides is 1. The zero-order valence-corrected chi connectivity index (χ0v) is 32.8. The smallest absolute Gasteiger partial charge is 0.308 e. The number of benzene rings is 1. The standard InChI is InChI=1S/C38H63BrO6Si/c1-10-16-31(45-46(8,9)37(5,6)7)24-38(26-39)23-29(4)35(44-38)33(40)22-32-21-28(3)34(43-32)20-15-14-17-27(2)36(41)42-25-30-18-12-11-13-19-30/h11-13,18-19,27-29,31-32,34-35H,10,14-17,20-26H2,1-9H3/t27-,28-,29+,31+,32+,34-,35-,38?/m0/s1. The molecule has 2 aliphatic rings. The van der Waals surface area contributed by atoms with Gasteiger partial charge in [-0.2, -0.15) is 0 Å². The Hall–Kier alpha value is -1.06. The molecule has 46 heavy (non-hydrogen) atoms. The minimum absolute atomic E-state index is 0.0519. The fourth-order valence-corrected chi connectivity index (χ4v) is 8.91. The molecule has 3 rings (SSSR count). The molecular formula is C38H63BrO6Si. The summed E-state index contributed by atoms with van der Waals surface area (Å²) in [5.41, 5.74) is 0.617. The molecular weight excluding hydrogens is 660 g/mol. The molecule has 0 spiro atoms. The van der Waals surface area contributed by atoms with E-state index in [9.17, 15) is 9.59 Å². The van der Waals surface area contributed by atoms with Crippen molar-refractivity contribution in [2.75, 3.05) is 5.33 Å². The van der Waals surface area contributed by atoms with E-state index in [1.54, 1.807) is 0 Å². The molecule has 1 unspecified atom stereocenters. The molecule has 8 atom stereocenters. The highest BCUT2D eigenvalue weighted by atomic mass is 79.9. The Morgan fingerprint density at radius 1 is 1.09 bits per heavy atom. The molecule has 0 aromatic heterocycles. The van der Waals surface area contributed by atoms with Crippen LogP contribution >= 0.6 is 15.9 Å². The van der Waals surface area contributed by atoms with Crippen LogP contribution in [0.3, 0.4) is 0 Å². The number of unbranched alkanes of at least 4 members (excludes halogenated alkanes) is 1. The first-order valence-corrected chi connectivity index (χ1v) is 21.9. The van der Waals surface area contributed by atoms with Gasteiger partial charge in [0, 0.05) is 24.3 Å². The number of carbonyl (C=O) groups excluding carboxylic acids is 2. The molecule has 262 valence electrons. The molecule has 0 radical (unpaired) electrons. The average Bonchev–Trinajstić information content (AvgIpc) is 3.51. The number of halogens is 1. The molecule has 0 aliphatic carbocycles. The quantitative estimate of drug-likeness (QED) is 0.0650. The Labute approximate surface area is 289 Å². The lowest BCUT2D eigenvalue weighted by Gasteiger charge is -2.41. The lowest BCUT2D eigenvalue weighted by atomic mass is 9.87. The molecule has 0 bridgehead atoms. The average molecular weight is 724 g/mol. The highest BCUT2D eigenvalue weighted by Crippen LogP contribution is 2.44.